The first kappa shape index (κ1) is 13.5. The SMILES string of the molecule is Cc1n[nH]c(C)c1S(=O)(=O)N(C)CC1CCCC1. The number of rotatable bonds is 4. The van der Waals surface area contributed by atoms with Crippen LogP contribution in [0.25, 0.3) is 0 Å². The van der Waals surface area contributed by atoms with Gasteiger partial charge >= 0.3 is 0 Å². The van der Waals surface area contributed by atoms with Crippen LogP contribution in [0.4, 0.5) is 0 Å². The predicted molar refractivity (Wildman–Crippen MR) is 69.8 cm³/mol. The molecule has 18 heavy (non-hydrogen) atoms. The summed E-state index contributed by atoms with van der Waals surface area (Å²) in [5.74, 6) is 0.511. The molecular formula is C12H21N3O2S. The van der Waals surface area contributed by atoms with E-state index in [1.807, 2.05) is 0 Å². The van der Waals surface area contributed by atoms with Crippen molar-refractivity contribution in [3.63, 3.8) is 0 Å². The van der Waals surface area contributed by atoms with E-state index in [1.165, 1.54) is 17.1 Å². The number of aromatic nitrogens is 2. The average molecular weight is 271 g/mol. The van der Waals surface area contributed by atoms with Crippen molar-refractivity contribution in [3.05, 3.63) is 11.4 Å². The molecule has 1 aromatic heterocycles. The number of sulfonamides is 1. The van der Waals surface area contributed by atoms with Crippen molar-refractivity contribution in [2.24, 2.45) is 5.92 Å². The van der Waals surface area contributed by atoms with Gasteiger partial charge in [0.15, 0.2) is 0 Å². The van der Waals surface area contributed by atoms with Crippen LogP contribution < -0.4 is 0 Å². The molecule has 2 rings (SSSR count). The van der Waals surface area contributed by atoms with Gasteiger partial charge in [-0.05, 0) is 32.6 Å². The first-order valence-corrected chi connectivity index (χ1v) is 7.85. The largest absolute Gasteiger partial charge is 0.281 e. The molecule has 0 aliphatic heterocycles. The Balaban J connectivity index is 2.20. The monoisotopic (exact) mass is 271 g/mol. The van der Waals surface area contributed by atoms with E-state index in [1.54, 1.807) is 20.9 Å². The molecule has 0 saturated heterocycles. The highest BCUT2D eigenvalue weighted by Gasteiger charge is 2.29. The molecular weight excluding hydrogens is 250 g/mol. The molecule has 0 radical (unpaired) electrons. The molecule has 1 saturated carbocycles. The number of hydrogen-bond acceptors (Lipinski definition) is 3. The number of aromatic amines is 1. The number of nitrogens with zero attached hydrogens (tertiary/aromatic N) is 2. The van der Waals surface area contributed by atoms with Gasteiger partial charge in [0.2, 0.25) is 10.0 Å². The van der Waals surface area contributed by atoms with E-state index in [0.29, 0.717) is 28.7 Å². The van der Waals surface area contributed by atoms with E-state index in [4.69, 9.17) is 0 Å². The molecule has 0 spiro atoms. The molecule has 1 aliphatic rings. The molecule has 0 amide bonds. The van der Waals surface area contributed by atoms with Crippen LogP contribution in [0.15, 0.2) is 4.90 Å². The van der Waals surface area contributed by atoms with E-state index in [2.05, 4.69) is 10.2 Å². The summed E-state index contributed by atoms with van der Waals surface area (Å²) in [7, 11) is -1.74. The van der Waals surface area contributed by atoms with E-state index in [9.17, 15) is 8.42 Å². The molecule has 1 aliphatic carbocycles. The third-order valence-corrected chi connectivity index (χ3v) is 5.81. The Morgan fingerprint density at radius 1 is 1.33 bits per heavy atom. The van der Waals surface area contributed by atoms with Crippen molar-refractivity contribution in [1.82, 2.24) is 14.5 Å². The van der Waals surface area contributed by atoms with Crippen LogP contribution in [-0.2, 0) is 10.0 Å². The van der Waals surface area contributed by atoms with Crippen LogP contribution in [0.5, 0.6) is 0 Å². The molecule has 5 nitrogen and oxygen atoms in total. The van der Waals surface area contributed by atoms with Gasteiger partial charge in [0.05, 0.1) is 11.4 Å². The number of nitrogens with one attached hydrogen (secondary N) is 1. The van der Waals surface area contributed by atoms with Gasteiger partial charge in [-0.15, -0.1) is 0 Å². The highest BCUT2D eigenvalue weighted by molar-refractivity contribution is 7.89. The van der Waals surface area contributed by atoms with Crippen LogP contribution in [0, 0.1) is 19.8 Å². The summed E-state index contributed by atoms with van der Waals surface area (Å²) in [6.45, 7) is 4.09. The highest BCUT2D eigenvalue weighted by Crippen LogP contribution is 2.28. The Morgan fingerprint density at radius 3 is 2.44 bits per heavy atom. The Kier molecular flexibility index (Phi) is 3.77. The minimum atomic E-state index is -3.40. The van der Waals surface area contributed by atoms with E-state index >= 15 is 0 Å². The zero-order chi connectivity index (χ0) is 13.3. The van der Waals surface area contributed by atoms with Crippen LogP contribution >= 0.6 is 0 Å². The fourth-order valence-corrected chi connectivity index (χ4v) is 4.30. The van der Waals surface area contributed by atoms with Crippen LogP contribution in [0.2, 0.25) is 0 Å². The Morgan fingerprint density at radius 2 is 1.94 bits per heavy atom. The number of H-pyrrole nitrogens is 1. The Hall–Kier alpha value is -0.880. The van der Waals surface area contributed by atoms with Crippen molar-refractivity contribution >= 4 is 10.0 Å². The number of aryl methyl sites for hydroxylation is 2. The van der Waals surface area contributed by atoms with E-state index < -0.39 is 10.0 Å². The number of hydrogen-bond donors (Lipinski definition) is 1. The Bertz CT molecular complexity index is 496. The summed E-state index contributed by atoms with van der Waals surface area (Å²) in [6.07, 6.45) is 4.73. The zero-order valence-electron chi connectivity index (χ0n) is 11.2. The second-order valence-corrected chi connectivity index (χ2v) is 7.18. The van der Waals surface area contributed by atoms with Gasteiger partial charge in [0.1, 0.15) is 4.90 Å². The third-order valence-electron chi connectivity index (χ3n) is 3.72. The van der Waals surface area contributed by atoms with Crippen molar-refractivity contribution < 1.29 is 8.42 Å². The summed E-state index contributed by atoms with van der Waals surface area (Å²) in [5, 5.41) is 6.70. The molecule has 0 bridgehead atoms. The lowest BCUT2D eigenvalue weighted by Gasteiger charge is -2.20. The summed E-state index contributed by atoms with van der Waals surface area (Å²) in [5.41, 5.74) is 1.16. The summed E-state index contributed by atoms with van der Waals surface area (Å²) in [6, 6.07) is 0. The molecule has 0 unspecified atom stereocenters. The van der Waals surface area contributed by atoms with Crippen molar-refractivity contribution in [2.45, 2.75) is 44.4 Å². The van der Waals surface area contributed by atoms with Crippen molar-refractivity contribution in [3.8, 4) is 0 Å². The molecule has 6 heteroatoms. The van der Waals surface area contributed by atoms with Gasteiger partial charge in [0, 0.05) is 13.6 Å². The van der Waals surface area contributed by atoms with Crippen LogP contribution in [0.1, 0.15) is 37.1 Å². The fraction of sp³-hybridized carbons (Fsp3) is 0.750. The smallest absolute Gasteiger partial charge is 0.246 e. The van der Waals surface area contributed by atoms with Gasteiger partial charge in [-0.3, -0.25) is 5.10 Å². The van der Waals surface area contributed by atoms with Crippen LogP contribution in [-0.4, -0.2) is 36.5 Å². The maximum atomic E-state index is 12.5. The lowest BCUT2D eigenvalue weighted by Crippen LogP contribution is -2.31. The quantitative estimate of drug-likeness (QED) is 0.908. The Labute approximate surface area is 109 Å². The van der Waals surface area contributed by atoms with Crippen molar-refractivity contribution in [2.75, 3.05) is 13.6 Å². The highest BCUT2D eigenvalue weighted by atomic mass is 32.2. The lowest BCUT2D eigenvalue weighted by atomic mass is 10.1. The zero-order valence-corrected chi connectivity index (χ0v) is 12.0. The normalized spacial score (nSPS) is 17.8. The topological polar surface area (TPSA) is 66.1 Å². The lowest BCUT2D eigenvalue weighted by molar-refractivity contribution is 0.387. The van der Waals surface area contributed by atoms with Crippen LogP contribution in [0.3, 0.4) is 0 Å². The standard InChI is InChI=1S/C12H21N3O2S/c1-9-12(10(2)14-13-9)18(16,17)15(3)8-11-6-4-5-7-11/h11H,4-8H2,1-3H3,(H,13,14). The fourth-order valence-electron chi connectivity index (χ4n) is 2.73. The van der Waals surface area contributed by atoms with Gasteiger partial charge < -0.3 is 0 Å². The summed E-state index contributed by atoms with van der Waals surface area (Å²) >= 11 is 0. The average Bonchev–Trinajstić information content (AvgIpc) is 2.89. The second-order valence-electron chi connectivity index (χ2n) is 5.20. The summed E-state index contributed by atoms with van der Waals surface area (Å²) < 4.78 is 26.5. The molecule has 1 aromatic rings. The molecule has 1 N–H and O–H groups in total. The van der Waals surface area contributed by atoms with Crippen molar-refractivity contribution in [1.29, 1.82) is 0 Å². The first-order valence-electron chi connectivity index (χ1n) is 6.41. The maximum Gasteiger partial charge on any atom is 0.246 e. The predicted octanol–water partition coefficient (Wildman–Crippen LogP) is 1.84. The molecule has 0 atom stereocenters. The minimum absolute atomic E-state index is 0.336. The first-order chi connectivity index (χ1) is 8.43. The molecule has 1 heterocycles. The van der Waals surface area contributed by atoms with E-state index in [-0.39, 0.29) is 0 Å². The second kappa shape index (κ2) is 5.01. The van der Waals surface area contributed by atoms with E-state index in [0.717, 1.165) is 12.8 Å². The third kappa shape index (κ3) is 2.44. The van der Waals surface area contributed by atoms with Gasteiger partial charge in [-0.1, -0.05) is 12.8 Å². The molecule has 1 fully saturated rings. The summed E-state index contributed by atoms with van der Waals surface area (Å²) in [4.78, 5) is 0.336. The minimum Gasteiger partial charge on any atom is -0.281 e. The molecule has 102 valence electrons. The van der Waals surface area contributed by atoms with Gasteiger partial charge in [-0.2, -0.15) is 5.10 Å². The van der Waals surface area contributed by atoms with Gasteiger partial charge in [0.25, 0.3) is 0 Å². The molecule has 0 aromatic carbocycles. The maximum absolute atomic E-state index is 12.5. The van der Waals surface area contributed by atoms with Gasteiger partial charge in [-0.25, -0.2) is 12.7 Å².